The molecular weight excluding hydrogens is 202 g/mol. The summed E-state index contributed by atoms with van der Waals surface area (Å²) in [6.45, 7) is 1.03. The van der Waals surface area contributed by atoms with E-state index in [0.717, 1.165) is 0 Å². The number of carboxylic acids is 1. The first-order chi connectivity index (χ1) is 7.22. The number of hydrogen-bond acceptors (Lipinski definition) is 6. The van der Waals surface area contributed by atoms with E-state index in [9.17, 15) is 4.79 Å². The van der Waals surface area contributed by atoms with Gasteiger partial charge in [-0.2, -0.15) is 4.98 Å². The summed E-state index contributed by atoms with van der Waals surface area (Å²) in [6, 6.07) is 0.0899. The molecule has 0 bridgehead atoms. The Labute approximate surface area is 85.4 Å². The minimum Gasteiger partial charge on any atom is -0.475 e. The van der Waals surface area contributed by atoms with Crippen molar-refractivity contribution in [2.75, 3.05) is 20.3 Å². The van der Waals surface area contributed by atoms with Crippen molar-refractivity contribution in [2.24, 2.45) is 0 Å². The Kier molecular flexibility index (Phi) is 2.65. The molecule has 1 saturated heterocycles. The van der Waals surface area contributed by atoms with Gasteiger partial charge in [0.05, 0.1) is 19.1 Å². The molecule has 7 heteroatoms. The Morgan fingerprint density at radius 1 is 1.60 bits per heavy atom. The van der Waals surface area contributed by atoms with Gasteiger partial charge in [-0.25, -0.2) is 4.79 Å². The van der Waals surface area contributed by atoms with Crippen molar-refractivity contribution in [1.82, 2.24) is 15.5 Å². The molecule has 2 heterocycles. The summed E-state index contributed by atoms with van der Waals surface area (Å²) >= 11 is 0. The lowest BCUT2D eigenvalue weighted by atomic mass is 10.0. The van der Waals surface area contributed by atoms with Crippen LogP contribution in [0.3, 0.4) is 0 Å². The Hall–Kier alpha value is -1.47. The molecule has 0 aromatic carbocycles. The third-order valence-electron chi connectivity index (χ3n) is 2.40. The third kappa shape index (κ3) is 1.83. The number of ether oxygens (including phenoxy) is 1. The molecule has 0 radical (unpaired) electrons. The number of aromatic carboxylic acids is 1. The standard InChI is InChI=1S/C8H11N3O4/c1-9-5-3-14-2-4(5)7-10-6(8(12)13)11-15-7/h4-5,9H,2-3H2,1H3,(H,12,13). The summed E-state index contributed by atoms with van der Waals surface area (Å²) in [5.74, 6) is -1.27. The normalized spacial score (nSPS) is 25.7. The molecule has 1 aliphatic rings. The molecule has 0 amide bonds. The van der Waals surface area contributed by atoms with Gasteiger partial charge < -0.3 is 19.7 Å². The van der Waals surface area contributed by atoms with Crippen LogP contribution in [0.1, 0.15) is 22.4 Å². The van der Waals surface area contributed by atoms with Crippen LogP contribution in [0.4, 0.5) is 0 Å². The molecular formula is C8H11N3O4. The second-order valence-corrected chi connectivity index (χ2v) is 3.30. The highest BCUT2D eigenvalue weighted by Gasteiger charge is 2.33. The molecule has 7 nitrogen and oxygen atoms in total. The van der Waals surface area contributed by atoms with Crippen molar-refractivity contribution in [3.8, 4) is 0 Å². The summed E-state index contributed by atoms with van der Waals surface area (Å²) in [7, 11) is 1.81. The Balaban J connectivity index is 2.18. The van der Waals surface area contributed by atoms with E-state index in [-0.39, 0.29) is 17.8 Å². The SMILES string of the molecule is CNC1COCC1c1nc(C(=O)O)no1. The van der Waals surface area contributed by atoms with Crippen LogP contribution in [-0.2, 0) is 4.74 Å². The predicted molar refractivity (Wildman–Crippen MR) is 47.7 cm³/mol. The summed E-state index contributed by atoms with van der Waals surface area (Å²) in [5, 5.41) is 15.0. The van der Waals surface area contributed by atoms with E-state index in [1.807, 2.05) is 0 Å². The first-order valence-electron chi connectivity index (χ1n) is 4.54. The van der Waals surface area contributed by atoms with Crippen LogP contribution >= 0.6 is 0 Å². The van der Waals surface area contributed by atoms with Crippen LogP contribution in [0.5, 0.6) is 0 Å². The molecule has 1 aliphatic heterocycles. The molecule has 0 saturated carbocycles. The van der Waals surface area contributed by atoms with Gasteiger partial charge in [0.15, 0.2) is 0 Å². The van der Waals surface area contributed by atoms with Crippen molar-refractivity contribution >= 4 is 5.97 Å². The molecule has 2 N–H and O–H groups in total. The number of aromatic nitrogens is 2. The largest absolute Gasteiger partial charge is 0.475 e. The van der Waals surface area contributed by atoms with E-state index in [1.165, 1.54) is 0 Å². The van der Waals surface area contributed by atoms with Gasteiger partial charge in [-0.05, 0) is 12.2 Å². The minimum atomic E-state index is -1.19. The lowest BCUT2D eigenvalue weighted by Gasteiger charge is -2.11. The average Bonchev–Trinajstić information content (AvgIpc) is 2.85. The van der Waals surface area contributed by atoms with E-state index < -0.39 is 5.97 Å². The number of hydrogen-bond donors (Lipinski definition) is 2. The number of likely N-dealkylation sites (N-methyl/N-ethyl adjacent to an activating group) is 1. The van der Waals surface area contributed by atoms with Crippen molar-refractivity contribution in [3.63, 3.8) is 0 Å². The first-order valence-corrected chi connectivity index (χ1v) is 4.54. The molecule has 1 aromatic heterocycles. The molecule has 0 spiro atoms. The van der Waals surface area contributed by atoms with Gasteiger partial charge in [-0.15, -0.1) is 0 Å². The predicted octanol–water partition coefficient (Wildman–Crippen LogP) is -0.530. The number of carbonyl (C=O) groups is 1. The van der Waals surface area contributed by atoms with Crippen molar-refractivity contribution in [1.29, 1.82) is 0 Å². The zero-order valence-corrected chi connectivity index (χ0v) is 8.14. The number of nitrogens with one attached hydrogen (secondary N) is 1. The van der Waals surface area contributed by atoms with Gasteiger partial charge >= 0.3 is 5.97 Å². The monoisotopic (exact) mass is 213 g/mol. The smallest absolute Gasteiger partial charge is 0.377 e. The van der Waals surface area contributed by atoms with Crippen LogP contribution < -0.4 is 5.32 Å². The van der Waals surface area contributed by atoms with Gasteiger partial charge in [-0.3, -0.25) is 0 Å². The van der Waals surface area contributed by atoms with Crippen LogP contribution in [0, 0.1) is 0 Å². The quantitative estimate of drug-likeness (QED) is 0.696. The highest BCUT2D eigenvalue weighted by molar-refractivity contribution is 5.82. The molecule has 2 atom stereocenters. The van der Waals surface area contributed by atoms with E-state index in [1.54, 1.807) is 7.05 Å². The van der Waals surface area contributed by atoms with Gasteiger partial charge in [-0.1, -0.05) is 0 Å². The molecule has 15 heavy (non-hydrogen) atoms. The fourth-order valence-electron chi connectivity index (χ4n) is 1.55. The van der Waals surface area contributed by atoms with E-state index >= 15 is 0 Å². The highest BCUT2D eigenvalue weighted by atomic mass is 16.5. The highest BCUT2D eigenvalue weighted by Crippen LogP contribution is 2.23. The van der Waals surface area contributed by atoms with E-state index in [4.69, 9.17) is 14.4 Å². The van der Waals surface area contributed by atoms with Crippen molar-refractivity contribution < 1.29 is 19.2 Å². The summed E-state index contributed by atoms with van der Waals surface area (Å²) in [6.07, 6.45) is 0. The van der Waals surface area contributed by atoms with Crippen LogP contribution in [-0.4, -0.2) is 47.5 Å². The molecule has 1 aromatic rings. The average molecular weight is 213 g/mol. The number of nitrogens with zero attached hydrogens (tertiary/aromatic N) is 2. The van der Waals surface area contributed by atoms with Crippen LogP contribution in [0.25, 0.3) is 0 Å². The maximum atomic E-state index is 10.5. The van der Waals surface area contributed by atoms with E-state index in [0.29, 0.717) is 19.1 Å². The first kappa shape index (κ1) is 10.1. The Morgan fingerprint density at radius 2 is 2.40 bits per heavy atom. The van der Waals surface area contributed by atoms with E-state index in [2.05, 4.69) is 15.5 Å². The second kappa shape index (κ2) is 3.95. The van der Waals surface area contributed by atoms with Crippen LogP contribution in [0.2, 0.25) is 0 Å². The van der Waals surface area contributed by atoms with Gasteiger partial charge in [0.2, 0.25) is 5.89 Å². The second-order valence-electron chi connectivity index (χ2n) is 3.30. The molecule has 2 rings (SSSR count). The zero-order valence-electron chi connectivity index (χ0n) is 8.14. The zero-order chi connectivity index (χ0) is 10.8. The lowest BCUT2D eigenvalue weighted by molar-refractivity contribution is 0.0680. The summed E-state index contributed by atoms with van der Waals surface area (Å²) in [4.78, 5) is 14.3. The van der Waals surface area contributed by atoms with Gasteiger partial charge in [0.25, 0.3) is 5.82 Å². The molecule has 2 unspecified atom stereocenters. The Bertz CT molecular complexity index is 365. The molecule has 0 aliphatic carbocycles. The summed E-state index contributed by atoms with van der Waals surface area (Å²) in [5.41, 5.74) is 0. The molecule has 82 valence electrons. The fourth-order valence-corrected chi connectivity index (χ4v) is 1.55. The van der Waals surface area contributed by atoms with Gasteiger partial charge in [0, 0.05) is 6.04 Å². The van der Waals surface area contributed by atoms with Gasteiger partial charge in [0.1, 0.15) is 0 Å². The number of carboxylic acid groups (broad SMARTS) is 1. The van der Waals surface area contributed by atoms with Crippen LogP contribution in [0.15, 0.2) is 4.52 Å². The molecule has 1 fully saturated rings. The summed E-state index contributed by atoms with van der Waals surface area (Å²) < 4.78 is 10.1. The Morgan fingerprint density at radius 3 is 3.00 bits per heavy atom. The number of rotatable bonds is 3. The lowest BCUT2D eigenvalue weighted by Crippen LogP contribution is -2.31. The maximum Gasteiger partial charge on any atom is 0.377 e. The maximum absolute atomic E-state index is 10.5. The third-order valence-corrected chi connectivity index (χ3v) is 2.40. The fraction of sp³-hybridized carbons (Fsp3) is 0.625. The van der Waals surface area contributed by atoms with Crippen molar-refractivity contribution in [3.05, 3.63) is 11.7 Å². The minimum absolute atomic E-state index is 0.0735. The van der Waals surface area contributed by atoms with Crippen molar-refractivity contribution in [2.45, 2.75) is 12.0 Å². The topological polar surface area (TPSA) is 97.5 Å².